The molecule has 4 heterocycles. The number of amides is 1. The Labute approximate surface area is 199 Å². The highest BCUT2D eigenvalue weighted by Gasteiger charge is 2.32. The number of alkyl halides is 3. The van der Waals surface area contributed by atoms with Crippen LogP contribution in [0, 0.1) is 5.92 Å². The quantitative estimate of drug-likeness (QED) is 0.536. The molecule has 5 rings (SSSR count). The van der Waals surface area contributed by atoms with Gasteiger partial charge >= 0.3 is 6.36 Å². The number of tetrazole rings is 1. The second-order valence-corrected chi connectivity index (χ2v) is 8.77. The number of carbonyl (C=O) groups excluding carboxylic acids is 1. The molecule has 10 nitrogen and oxygen atoms in total. The molecule has 13 heteroatoms. The third kappa shape index (κ3) is 5.61. The normalized spacial score (nSPS) is 18.3. The van der Waals surface area contributed by atoms with E-state index in [1.54, 1.807) is 12.1 Å². The first kappa shape index (κ1) is 23.3. The van der Waals surface area contributed by atoms with Gasteiger partial charge in [0.1, 0.15) is 5.75 Å². The largest absolute Gasteiger partial charge is 0.573 e. The van der Waals surface area contributed by atoms with Crippen LogP contribution in [0.5, 0.6) is 5.75 Å². The molecule has 2 saturated heterocycles. The van der Waals surface area contributed by atoms with Gasteiger partial charge in [0.05, 0.1) is 0 Å². The standard InChI is InChI=1S/C22H25F3N8O2/c23-22(24,25)35-18-3-1-16(2-4-18)15-30-11-13-32(14-12-30)21(34)17-7-9-31(10-8-17)20-6-5-19-26-28-29-33(19)27-20/h1-6,17H,7-15H2. The van der Waals surface area contributed by atoms with Gasteiger partial charge in [0, 0.05) is 51.7 Å². The smallest absolute Gasteiger partial charge is 0.406 e. The van der Waals surface area contributed by atoms with Crippen LogP contribution in [0.4, 0.5) is 19.0 Å². The van der Waals surface area contributed by atoms with Crippen LogP contribution in [0.25, 0.3) is 5.65 Å². The number of hydrogen-bond donors (Lipinski definition) is 0. The molecule has 0 radical (unpaired) electrons. The number of piperazine rings is 1. The predicted molar refractivity (Wildman–Crippen MR) is 118 cm³/mol. The maximum atomic E-state index is 13.1. The molecule has 0 N–H and O–H groups in total. The number of anilines is 1. The number of halogens is 3. The minimum atomic E-state index is -4.69. The zero-order chi connectivity index (χ0) is 24.4. The van der Waals surface area contributed by atoms with Gasteiger partial charge in [0.25, 0.3) is 0 Å². The van der Waals surface area contributed by atoms with Gasteiger partial charge in [0.2, 0.25) is 5.91 Å². The fourth-order valence-electron chi connectivity index (χ4n) is 4.60. The van der Waals surface area contributed by atoms with Crippen LogP contribution in [-0.2, 0) is 11.3 Å². The van der Waals surface area contributed by atoms with Gasteiger partial charge in [-0.05, 0) is 53.1 Å². The van der Waals surface area contributed by atoms with Crippen LogP contribution in [-0.4, -0.2) is 86.6 Å². The number of rotatable bonds is 5. The number of carbonyl (C=O) groups is 1. The summed E-state index contributed by atoms with van der Waals surface area (Å²) in [7, 11) is 0. The van der Waals surface area contributed by atoms with E-state index in [-0.39, 0.29) is 17.6 Å². The number of piperidine rings is 1. The maximum absolute atomic E-state index is 13.1. The molecule has 0 saturated carbocycles. The molecule has 0 spiro atoms. The number of fused-ring (bicyclic) bond motifs is 1. The molecule has 2 aliphatic rings. The zero-order valence-electron chi connectivity index (χ0n) is 18.9. The van der Waals surface area contributed by atoms with E-state index < -0.39 is 6.36 Å². The van der Waals surface area contributed by atoms with E-state index in [9.17, 15) is 18.0 Å². The summed E-state index contributed by atoms with van der Waals surface area (Å²) in [6.07, 6.45) is -3.16. The van der Waals surface area contributed by atoms with Gasteiger partial charge in [-0.2, -0.15) is 0 Å². The molecule has 2 aliphatic heterocycles. The zero-order valence-corrected chi connectivity index (χ0v) is 18.9. The number of ether oxygens (including phenoxy) is 1. The van der Waals surface area contributed by atoms with Gasteiger partial charge < -0.3 is 14.5 Å². The fourth-order valence-corrected chi connectivity index (χ4v) is 4.60. The first-order valence-corrected chi connectivity index (χ1v) is 11.5. The summed E-state index contributed by atoms with van der Waals surface area (Å²) in [5.74, 6) is 0.759. The van der Waals surface area contributed by atoms with Crippen molar-refractivity contribution < 1.29 is 22.7 Å². The third-order valence-corrected chi connectivity index (χ3v) is 6.47. The van der Waals surface area contributed by atoms with Crippen LogP contribution in [0.3, 0.4) is 0 Å². The van der Waals surface area contributed by atoms with Crippen molar-refractivity contribution in [3.63, 3.8) is 0 Å². The van der Waals surface area contributed by atoms with Crippen molar-refractivity contribution in [3.05, 3.63) is 42.0 Å². The molecule has 0 atom stereocenters. The minimum absolute atomic E-state index is 0.00394. The monoisotopic (exact) mass is 490 g/mol. The van der Waals surface area contributed by atoms with Gasteiger partial charge in [-0.3, -0.25) is 9.69 Å². The van der Waals surface area contributed by atoms with Gasteiger partial charge in [-0.15, -0.1) is 28.0 Å². The average Bonchev–Trinajstić information content (AvgIpc) is 3.33. The Bertz CT molecular complexity index is 1150. The molecule has 1 amide bonds. The van der Waals surface area contributed by atoms with Crippen LogP contribution < -0.4 is 9.64 Å². The maximum Gasteiger partial charge on any atom is 0.573 e. The van der Waals surface area contributed by atoms with Gasteiger partial charge in [-0.1, -0.05) is 12.1 Å². The molecule has 2 fully saturated rings. The SMILES string of the molecule is O=C(C1CCN(c2ccc3nnnn3n2)CC1)N1CCN(Cc2ccc(OC(F)(F)F)cc2)CC1. The fraction of sp³-hybridized carbons (Fsp3) is 0.500. The lowest BCUT2D eigenvalue weighted by atomic mass is 9.95. The Morgan fingerprint density at radius 2 is 1.69 bits per heavy atom. The molecule has 186 valence electrons. The molecule has 3 aromatic rings. The minimum Gasteiger partial charge on any atom is -0.406 e. The van der Waals surface area contributed by atoms with Crippen LogP contribution in [0.15, 0.2) is 36.4 Å². The summed E-state index contributed by atoms with van der Waals surface area (Å²) in [5.41, 5.74) is 1.49. The molecular weight excluding hydrogens is 465 g/mol. The molecule has 2 aromatic heterocycles. The Morgan fingerprint density at radius 3 is 2.37 bits per heavy atom. The number of hydrogen-bond acceptors (Lipinski definition) is 8. The molecule has 35 heavy (non-hydrogen) atoms. The molecule has 0 bridgehead atoms. The lowest BCUT2D eigenvalue weighted by Crippen LogP contribution is -2.51. The van der Waals surface area contributed by atoms with Gasteiger partial charge in [0.15, 0.2) is 11.5 Å². The van der Waals surface area contributed by atoms with E-state index in [1.165, 1.54) is 16.8 Å². The summed E-state index contributed by atoms with van der Waals surface area (Å²) in [5, 5.41) is 15.7. The van der Waals surface area contributed by atoms with Crippen LogP contribution >= 0.6 is 0 Å². The Kier molecular flexibility index (Phi) is 6.41. The van der Waals surface area contributed by atoms with E-state index in [4.69, 9.17) is 0 Å². The molecule has 1 aromatic carbocycles. The summed E-state index contributed by atoms with van der Waals surface area (Å²) in [6, 6.07) is 9.64. The van der Waals surface area contributed by atoms with Crippen molar-refractivity contribution in [2.75, 3.05) is 44.2 Å². The lowest BCUT2D eigenvalue weighted by Gasteiger charge is -2.38. The third-order valence-electron chi connectivity index (χ3n) is 6.47. The number of nitrogens with zero attached hydrogens (tertiary/aromatic N) is 8. The molecule has 0 unspecified atom stereocenters. The van der Waals surface area contributed by atoms with Crippen molar-refractivity contribution >= 4 is 17.4 Å². The van der Waals surface area contributed by atoms with E-state index in [0.29, 0.717) is 25.3 Å². The topological polar surface area (TPSA) is 92.0 Å². The highest BCUT2D eigenvalue weighted by molar-refractivity contribution is 5.79. The summed E-state index contributed by atoms with van der Waals surface area (Å²) < 4.78 is 42.3. The van der Waals surface area contributed by atoms with Gasteiger partial charge in [-0.25, -0.2) is 0 Å². The number of benzene rings is 1. The summed E-state index contributed by atoms with van der Waals surface area (Å²) >= 11 is 0. The Morgan fingerprint density at radius 1 is 0.971 bits per heavy atom. The lowest BCUT2D eigenvalue weighted by molar-refractivity contribution is -0.274. The van der Waals surface area contributed by atoms with Crippen molar-refractivity contribution in [2.45, 2.75) is 25.7 Å². The van der Waals surface area contributed by atoms with E-state index in [1.807, 2.05) is 17.0 Å². The molecule has 0 aliphatic carbocycles. The van der Waals surface area contributed by atoms with E-state index >= 15 is 0 Å². The van der Waals surface area contributed by atoms with Crippen molar-refractivity contribution in [2.24, 2.45) is 5.92 Å². The predicted octanol–water partition coefficient (Wildman–Crippen LogP) is 1.98. The second-order valence-electron chi connectivity index (χ2n) is 8.77. The van der Waals surface area contributed by atoms with Crippen LogP contribution in [0.2, 0.25) is 0 Å². The Balaban J connectivity index is 1.08. The van der Waals surface area contributed by atoms with Crippen LogP contribution in [0.1, 0.15) is 18.4 Å². The van der Waals surface area contributed by atoms with Crippen molar-refractivity contribution in [3.8, 4) is 5.75 Å². The van der Waals surface area contributed by atoms with E-state index in [0.717, 1.165) is 50.4 Å². The highest BCUT2D eigenvalue weighted by Crippen LogP contribution is 2.25. The van der Waals surface area contributed by atoms with Crippen molar-refractivity contribution in [1.29, 1.82) is 0 Å². The first-order valence-electron chi connectivity index (χ1n) is 11.5. The number of aromatic nitrogens is 5. The van der Waals surface area contributed by atoms with Crippen molar-refractivity contribution in [1.82, 2.24) is 35.1 Å². The summed E-state index contributed by atoms with van der Waals surface area (Å²) in [4.78, 5) is 19.4. The first-order chi connectivity index (χ1) is 16.8. The summed E-state index contributed by atoms with van der Waals surface area (Å²) in [6.45, 7) is 4.83. The average molecular weight is 490 g/mol. The molecular formula is C22H25F3N8O2. The van der Waals surface area contributed by atoms with E-state index in [2.05, 4.69) is 35.2 Å². The highest BCUT2D eigenvalue weighted by atomic mass is 19.4. The Hall–Kier alpha value is -3.48. The second kappa shape index (κ2) is 9.64.